The van der Waals surface area contributed by atoms with Crippen LogP contribution in [0.5, 0.6) is 17.2 Å². The number of nitrogens with zero attached hydrogens (tertiary/aromatic N) is 3. The van der Waals surface area contributed by atoms with Crippen LogP contribution in [0.25, 0.3) is 5.76 Å². The molecule has 0 saturated carbocycles. The zero-order valence-electron chi connectivity index (χ0n) is 22.0. The van der Waals surface area contributed by atoms with Gasteiger partial charge in [-0.25, -0.2) is 0 Å². The lowest BCUT2D eigenvalue weighted by atomic mass is 9.81. The van der Waals surface area contributed by atoms with Crippen LogP contribution in [0, 0.1) is 20.2 Å². The van der Waals surface area contributed by atoms with Crippen LogP contribution < -0.4 is 19.6 Å². The number of nitrogens with one attached hydrogen (secondary N) is 1. The monoisotopic (exact) mass is 552 g/mol. The summed E-state index contributed by atoms with van der Waals surface area (Å²) >= 11 is 0. The van der Waals surface area contributed by atoms with Crippen molar-refractivity contribution >= 4 is 29.0 Å². The summed E-state index contributed by atoms with van der Waals surface area (Å²) in [5, 5.41) is 27.1. The Bertz CT molecular complexity index is 1690. The number of ether oxygens (including phenoxy) is 3. The van der Waals surface area contributed by atoms with Crippen LogP contribution in [0.2, 0.25) is 0 Å². The Balaban J connectivity index is 1.66. The molecule has 1 aliphatic rings. The number of allylic oxidation sites excluding steroid dienone is 1. The lowest BCUT2D eigenvalue weighted by Gasteiger charge is -2.30. The van der Waals surface area contributed by atoms with Crippen molar-refractivity contribution in [1.82, 2.24) is 0 Å². The highest BCUT2D eigenvalue weighted by molar-refractivity contribution is 5.94. The number of nitro groups is 2. The molecule has 0 spiro atoms. The molecular formula is C30H24N4O7. The van der Waals surface area contributed by atoms with Crippen molar-refractivity contribution in [3.05, 3.63) is 133 Å². The molecule has 206 valence electrons. The van der Waals surface area contributed by atoms with E-state index in [1.165, 1.54) is 12.1 Å². The largest absolute Gasteiger partial charge is 0.493 e. The summed E-state index contributed by atoms with van der Waals surface area (Å²) in [5.41, 5.74) is 5.06. The minimum atomic E-state index is -0.702. The minimum absolute atomic E-state index is 0.00138. The van der Waals surface area contributed by atoms with Gasteiger partial charge in [-0.15, -0.1) is 0 Å². The molecule has 11 heteroatoms. The highest BCUT2D eigenvalue weighted by Crippen LogP contribution is 2.46. The zero-order valence-corrected chi connectivity index (χ0v) is 22.0. The van der Waals surface area contributed by atoms with Gasteiger partial charge < -0.3 is 14.2 Å². The molecular weight excluding hydrogens is 528 g/mol. The van der Waals surface area contributed by atoms with E-state index in [4.69, 9.17) is 14.2 Å². The molecule has 0 saturated heterocycles. The Hall–Kier alpha value is -5.71. The van der Waals surface area contributed by atoms with Crippen molar-refractivity contribution < 1.29 is 24.1 Å². The van der Waals surface area contributed by atoms with E-state index in [2.05, 4.69) is 10.5 Å². The van der Waals surface area contributed by atoms with Crippen molar-refractivity contribution in [2.75, 3.05) is 19.6 Å². The van der Waals surface area contributed by atoms with E-state index in [1.807, 2.05) is 60.7 Å². The first-order chi connectivity index (χ1) is 19.9. The summed E-state index contributed by atoms with van der Waals surface area (Å²) in [6, 6.07) is 26.2. The van der Waals surface area contributed by atoms with E-state index in [9.17, 15) is 20.2 Å². The minimum Gasteiger partial charge on any atom is -0.493 e. The fourth-order valence-electron chi connectivity index (χ4n) is 4.67. The molecule has 1 heterocycles. The van der Waals surface area contributed by atoms with Gasteiger partial charge in [0.2, 0.25) is 0 Å². The van der Waals surface area contributed by atoms with E-state index >= 15 is 0 Å². The molecule has 41 heavy (non-hydrogen) atoms. The van der Waals surface area contributed by atoms with Crippen molar-refractivity contribution in [2.24, 2.45) is 5.10 Å². The van der Waals surface area contributed by atoms with Gasteiger partial charge in [0, 0.05) is 28.7 Å². The Labute approximate surface area is 234 Å². The molecule has 1 N–H and O–H groups in total. The van der Waals surface area contributed by atoms with Crippen molar-refractivity contribution in [1.29, 1.82) is 0 Å². The van der Waals surface area contributed by atoms with E-state index in [1.54, 1.807) is 32.6 Å². The first-order valence-corrected chi connectivity index (χ1v) is 12.4. The van der Waals surface area contributed by atoms with Crippen LogP contribution in [-0.2, 0) is 0 Å². The standard InChI is InChI=1S/C30H24N4O7/c1-39-27-15-12-20(16-28(27)40-2)30-23(18-31-32-24-14-13-21(33(35)36)17-25(24)34(37)38)29(19-8-4-3-5-9-19)22-10-6-7-11-26(22)41-30/h3-18,29,32H,1-2H3/b31-18-/t29-/m1/s1. The van der Waals surface area contributed by atoms with Gasteiger partial charge in [0.15, 0.2) is 11.5 Å². The molecule has 5 rings (SSSR count). The summed E-state index contributed by atoms with van der Waals surface area (Å²) < 4.78 is 17.4. The van der Waals surface area contributed by atoms with Crippen LogP contribution >= 0.6 is 0 Å². The number of hydrogen-bond donors (Lipinski definition) is 1. The summed E-state index contributed by atoms with van der Waals surface area (Å²) in [7, 11) is 3.10. The summed E-state index contributed by atoms with van der Waals surface area (Å²) in [5.74, 6) is 1.92. The fraction of sp³-hybridized carbons (Fsp3) is 0.100. The third-order valence-corrected chi connectivity index (χ3v) is 6.57. The van der Waals surface area contributed by atoms with E-state index in [0.29, 0.717) is 34.1 Å². The van der Waals surface area contributed by atoms with E-state index < -0.39 is 21.2 Å². The highest BCUT2D eigenvalue weighted by atomic mass is 16.6. The predicted octanol–water partition coefficient (Wildman–Crippen LogP) is 6.55. The first kappa shape index (κ1) is 26.9. The van der Waals surface area contributed by atoms with Crippen LogP contribution in [-0.4, -0.2) is 30.3 Å². The number of rotatable bonds is 9. The van der Waals surface area contributed by atoms with Gasteiger partial charge >= 0.3 is 5.69 Å². The lowest BCUT2D eigenvalue weighted by Crippen LogP contribution is -2.18. The second-order valence-corrected chi connectivity index (χ2v) is 8.92. The fourth-order valence-corrected chi connectivity index (χ4v) is 4.67. The Morgan fingerprint density at radius 3 is 2.29 bits per heavy atom. The Morgan fingerprint density at radius 2 is 1.59 bits per heavy atom. The van der Waals surface area contributed by atoms with Gasteiger partial charge in [-0.3, -0.25) is 25.7 Å². The van der Waals surface area contributed by atoms with Crippen molar-refractivity contribution in [2.45, 2.75) is 5.92 Å². The number of hydrogen-bond acceptors (Lipinski definition) is 9. The number of hydrazone groups is 1. The van der Waals surface area contributed by atoms with Crippen LogP contribution in [0.15, 0.2) is 102 Å². The van der Waals surface area contributed by atoms with Gasteiger partial charge in [-0.05, 0) is 35.9 Å². The number of nitro benzene ring substituents is 2. The molecule has 1 atom stereocenters. The van der Waals surface area contributed by atoms with E-state index in [-0.39, 0.29) is 11.6 Å². The molecule has 4 aromatic carbocycles. The lowest BCUT2D eigenvalue weighted by molar-refractivity contribution is -0.393. The van der Waals surface area contributed by atoms with Crippen LogP contribution in [0.3, 0.4) is 0 Å². The zero-order chi connectivity index (χ0) is 28.9. The number of benzene rings is 4. The highest BCUT2D eigenvalue weighted by Gasteiger charge is 2.31. The average molecular weight is 553 g/mol. The third kappa shape index (κ3) is 5.41. The maximum Gasteiger partial charge on any atom is 0.301 e. The number of anilines is 1. The van der Waals surface area contributed by atoms with Gasteiger partial charge in [0.05, 0.1) is 36.3 Å². The molecule has 0 aliphatic carbocycles. The molecule has 0 bridgehead atoms. The van der Waals surface area contributed by atoms with Gasteiger partial charge in [0.1, 0.15) is 17.2 Å². The molecule has 1 aliphatic heterocycles. The normalized spacial score (nSPS) is 14.2. The Morgan fingerprint density at radius 1 is 0.854 bits per heavy atom. The second-order valence-electron chi connectivity index (χ2n) is 8.92. The first-order valence-electron chi connectivity index (χ1n) is 12.4. The number of non-ortho nitro benzene ring substituents is 1. The summed E-state index contributed by atoms with van der Waals surface area (Å²) in [6.07, 6.45) is 1.55. The van der Waals surface area contributed by atoms with E-state index in [0.717, 1.165) is 17.2 Å². The Kier molecular flexibility index (Phi) is 7.59. The quantitative estimate of drug-likeness (QED) is 0.140. The SMILES string of the molecule is COc1ccc(C2=C(/C=N\Nc3ccc([N+](=O)[O-])cc3[N+](=O)[O-])[C@H](c3ccccc3)c3ccccc3O2)cc1OC. The number of methoxy groups -OCH3 is 2. The second kappa shape index (κ2) is 11.6. The molecule has 0 amide bonds. The predicted molar refractivity (Wildman–Crippen MR) is 154 cm³/mol. The molecule has 11 nitrogen and oxygen atoms in total. The summed E-state index contributed by atoms with van der Waals surface area (Å²) in [6.45, 7) is 0. The molecule has 0 fully saturated rings. The van der Waals surface area contributed by atoms with Crippen molar-refractivity contribution in [3.63, 3.8) is 0 Å². The third-order valence-electron chi connectivity index (χ3n) is 6.57. The number of fused-ring (bicyclic) bond motifs is 1. The van der Waals surface area contributed by atoms with Gasteiger partial charge in [0.25, 0.3) is 5.69 Å². The molecule has 0 radical (unpaired) electrons. The molecule has 0 unspecified atom stereocenters. The van der Waals surface area contributed by atoms with Gasteiger partial charge in [-0.1, -0.05) is 48.5 Å². The average Bonchev–Trinajstić information content (AvgIpc) is 3.00. The molecule has 0 aromatic heterocycles. The van der Waals surface area contributed by atoms with Crippen molar-refractivity contribution in [3.8, 4) is 17.2 Å². The topological polar surface area (TPSA) is 138 Å². The van der Waals surface area contributed by atoms with Crippen LogP contribution in [0.1, 0.15) is 22.6 Å². The smallest absolute Gasteiger partial charge is 0.301 e. The maximum absolute atomic E-state index is 11.6. The van der Waals surface area contributed by atoms with Crippen LogP contribution in [0.4, 0.5) is 17.1 Å². The molecule has 4 aromatic rings. The summed E-state index contributed by atoms with van der Waals surface area (Å²) in [4.78, 5) is 21.4. The maximum atomic E-state index is 11.6. The number of para-hydroxylation sites is 1. The van der Waals surface area contributed by atoms with Gasteiger partial charge in [-0.2, -0.15) is 5.10 Å².